The van der Waals surface area contributed by atoms with Crippen LogP contribution in [0.25, 0.3) is 0 Å². The Labute approximate surface area is 69.2 Å². The average Bonchev–Trinajstić information content (AvgIpc) is 1.87. The van der Waals surface area contributed by atoms with Gasteiger partial charge < -0.3 is 5.73 Å². The summed E-state index contributed by atoms with van der Waals surface area (Å²) in [5, 5.41) is 0.360. The molecule has 10 heavy (non-hydrogen) atoms. The van der Waals surface area contributed by atoms with Crippen LogP contribution in [0.4, 0.5) is 0 Å². The van der Waals surface area contributed by atoms with E-state index in [0.717, 1.165) is 0 Å². The Balaban J connectivity index is 4.42. The van der Waals surface area contributed by atoms with Gasteiger partial charge in [0.1, 0.15) is 5.82 Å². The summed E-state index contributed by atoms with van der Waals surface area (Å²) in [7, 11) is 0. The van der Waals surface area contributed by atoms with Crippen molar-refractivity contribution in [3.05, 3.63) is 10.9 Å². The molecule has 0 radical (unpaired) electrons. The lowest BCUT2D eigenvalue weighted by molar-refractivity contribution is 1.21. The molecule has 0 amide bonds. The van der Waals surface area contributed by atoms with E-state index in [9.17, 15) is 0 Å². The SMILES string of the molecule is C=NC(Cl)=N/C(N)=C(\C)Cl. The smallest absolute Gasteiger partial charge is 0.223 e. The normalized spacial score (nSPS) is 14.5. The summed E-state index contributed by atoms with van der Waals surface area (Å²) >= 11 is 10.8. The van der Waals surface area contributed by atoms with Crippen molar-refractivity contribution in [3.8, 4) is 0 Å². The van der Waals surface area contributed by atoms with Crippen LogP contribution in [0.1, 0.15) is 6.92 Å². The highest BCUT2D eigenvalue weighted by Gasteiger charge is 1.92. The summed E-state index contributed by atoms with van der Waals surface area (Å²) in [6, 6.07) is 0. The molecule has 0 rings (SSSR count). The number of nitrogens with zero attached hydrogens (tertiary/aromatic N) is 2. The molecular formula is C5H7Cl2N3. The van der Waals surface area contributed by atoms with Gasteiger partial charge in [0.15, 0.2) is 0 Å². The maximum atomic E-state index is 5.46. The molecule has 0 aliphatic rings. The molecule has 5 heteroatoms. The fourth-order valence-corrected chi connectivity index (χ4v) is 0.345. The molecule has 0 aromatic rings. The fraction of sp³-hybridized carbons (Fsp3) is 0.200. The highest BCUT2D eigenvalue weighted by Crippen LogP contribution is 2.04. The number of allylic oxidation sites excluding steroid dienone is 1. The van der Waals surface area contributed by atoms with Crippen LogP contribution in [0.5, 0.6) is 0 Å². The van der Waals surface area contributed by atoms with Gasteiger partial charge in [-0.15, -0.1) is 0 Å². The van der Waals surface area contributed by atoms with E-state index < -0.39 is 0 Å². The van der Waals surface area contributed by atoms with Gasteiger partial charge in [-0.1, -0.05) is 11.6 Å². The van der Waals surface area contributed by atoms with Crippen LogP contribution in [-0.2, 0) is 0 Å². The van der Waals surface area contributed by atoms with Gasteiger partial charge in [0.2, 0.25) is 5.29 Å². The molecule has 0 unspecified atom stereocenters. The van der Waals surface area contributed by atoms with Crippen LogP contribution in [-0.4, -0.2) is 12.0 Å². The largest absolute Gasteiger partial charge is 0.383 e. The Morgan fingerprint density at radius 2 is 2.00 bits per heavy atom. The minimum absolute atomic E-state index is 0.0162. The van der Waals surface area contributed by atoms with Gasteiger partial charge in [-0.2, -0.15) is 4.99 Å². The predicted octanol–water partition coefficient (Wildman–Crippen LogP) is 1.67. The van der Waals surface area contributed by atoms with Gasteiger partial charge >= 0.3 is 0 Å². The van der Waals surface area contributed by atoms with E-state index in [1.807, 2.05) is 0 Å². The fourth-order valence-electron chi connectivity index (χ4n) is 0.212. The number of aliphatic imine (C=N–C) groups is 2. The van der Waals surface area contributed by atoms with Gasteiger partial charge in [-0.3, -0.25) is 0 Å². The van der Waals surface area contributed by atoms with Gasteiger partial charge in [0.05, 0.1) is 5.03 Å². The molecule has 0 saturated heterocycles. The van der Waals surface area contributed by atoms with Crippen molar-refractivity contribution in [2.45, 2.75) is 6.92 Å². The van der Waals surface area contributed by atoms with E-state index >= 15 is 0 Å². The van der Waals surface area contributed by atoms with Crippen molar-refractivity contribution in [2.24, 2.45) is 15.7 Å². The Kier molecular flexibility index (Phi) is 4.07. The Bertz CT molecular complexity index is 191. The van der Waals surface area contributed by atoms with Crippen molar-refractivity contribution in [1.82, 2.24) is 0 Å². The second-order valence-electron chi connectivity index (χ2n) is 1.46. The second-order valence-corrected chi connectivity index (χ2v) is 2.36. The lowest BCUT2D eigenvalue weighted by Crippen LogP contribution is -1.96. The van der Waals surface area contributed by atoms with Crippen LogP contribution < -0.4 is 5.73 Å². The minimum atomic E-state index is -0.0162. The molecule has 2 N–H and O–H groups in total. The van der Waals surface area contributed by atoms with Crippen LogP contribution >= 0.6 is 23.2 Å². The third-order valence-electron chi connectivity index (χ3n) is 0.696. The van der Waals surface area contributed by atoms with Gasteiger partial charge in [-0.25, -0.2) is 4.99 Å². The molecule has 0 spiro atoms. The summed E-state index contributed by atoms with van der Waals surface area (Å²) in [6.45, 7) is 4.74. The monoisotopic (exact) mass is 179 g/mol. The summed E-state index contributed by atoms with van der Waals surface area (Å²) in [5.74, 6) is 0.152. The lowest BCUT2D eigenvalue weighted by Gasteiger charge is -1.92. The van der Waals surface area contributed by atoms with Crippen molar-refractivity contribution < 1.29 is 0 Å². The quantitative estimate of drug-likeness (QED) is 0.372. The molecule has 0 saturated carbocycles. The lowest BCUT2D eigenvalue weighted by atomic mass is 10.6. The van der Waals surface area contributed by atoms with Crippen molar-refractivity contribution in [2.75, 3.05) is 0 Å². The van der Waals surface area contributed by atoms with E-state index in [-0.39, 0.29) is 11.1 Å². The first-order valence-corrected chi connectivity index (χ1v) is 3.16. The minimum Gasteiger partial charge on any atom is -0.383 e. The van der Waals surface area contributed by atoms with E-state index in [1.54, 1.807) is 6.92 Å². The van der Waals surface area contributed by atoms with Crippen LogP contribution in [0.15, 0.2) is 20.8 Å². The molecule has 3 nitrogen and oxygen atoms in total. The molecule has 0 aliphatic carbocycles. The number of halogens is 2. The van der Waals surface area contributed by atoms with Gasteiger partial charge in [-0.05, 0) is 25.2 Å². The standard InChI is InChI=1S/C5H7Cl2N3/c1-3(6)4(8)10-5(7)9-2/h2,8H2,1H3/b4-3+,10-5?. The summed E-state index contributed by atoms with van der Waals surface area (Å²) in [5.41, 5.74) is 5.28. The summed E-state index contributed by atoms with van der Waals surface area (Å²) in [4.78, 5) is 6.88. The van der Waals surface area contributed by atoms with Crippen LogP contribution in [0, 0.1) is 0 Å². The third kappa shape index (κ3) is 3.48. The number of rotatable bonds is 1. The second kappa shape index (κ2) is 4.30. The van der Waals surface area contributed by atoms with Gasteiger partial charge in [0.25, 0.3) is 0 Å². The highest BCUT2D eigenvalue weighted by molar-refractivity contribution is 6.65. The number of nitrogens with two attached hydrogens (primary N) is 1. The summed E-state index contributed by atoms with van der Waals surface area (Å²) < 4.78 is 0. The maximum Gasteiger partial charge on any atom is 0.223 e. The highest BCUT2D eigenvalue weighted by atomic mass is 35.5. The van der Waals surface area contributed by atoms with E-state index in [2.05, 4.69) is 16.7 Å². The first kappa shape index (κ1) is 9.46. The molecule has 0 aliphatic heterocycles. The van der Waals surface area contributed by atoms with Crippen molar-refractivity contribution in [3.63, 3.8) is 0 Å². The Morgan fingerprint density at radius 3 is 2.30 bits per heavy atom. The molecule has 0 aromatic carbocycles. The first-order chi connectivity index (χ1) is 4.57. The molecular weight excluding hydrogens is 173 g/mol. The van der Waals surface area contributed by atoms with E-state index in [1.165, 1.54) is 0 Å². The van der Waals surface area contributed by atoms with Crippen molar-refractivity contribution in [1.29, 1.82) is 0 Å². The molecule has 0 heterocycles. The molecule has 0 fully saturated rings. The first-order valence-electron chi connectivity index (χ1n) is 2.40. The van der Waals surface area contributed by atoms with E-state index in [4.69, 9.17) is 28.9 Å². The zero-order chi connectivity index (χ0) is 8.15. The third-order valence-corrected chi connectivity index (χ3v) is 1.09. The molecule has 0 atom stereocenters. The topological polar surface area (TPSA) is 50.7 Å². The number of hydrogen-bond donors (Lipinski definition) is 1. The zero-order valence-electron chi connectivity index (χ0n) is 5.43. The Hall–Kier alpha value is -0.540. The van der Waals surface area contributed by atoms with Crippen molar-refractivity contribution >= 4 is 35.2 Å². The molecule has 0 aromatic heterocycles. The number of hydrogen-bond acceptors (Lipinski definition) is 2. The summed E-state index contributed by atoms with van der Waals surface area (Å²) in [6.07, 6.45) is 0. The predicted molar refractivity (Wildman–Crippen MR) is 45.6 cm³/mol. The van der Waals surface area contributed by atoms with Crippen LogP contribution in [0.3, 0.4) is 0 Å². The Morgan fingerprint density at radius 1 is 1.50 bits per heavy atom. The number of amidine groups is 1. The maximum absolute atomic E-state index is 5.46. The zero-order valence-corrected chi connectivity index (χ0v) is 6.95. The van der Waals surface area contributed by atoms with E-state index in [0.29, 0.717) is 5.03 Å². The molecule has 56 valence electrons. The van der Waals surface area contributed by atoms with Gasteiger partial charge in [0, 0.05) is 0 Å². The van der Waals surface area contributed by atoms with Crippen LogP contribution in [0.2, 0.25) is 0 Å². The average molecular weight is 180 g/mol. The molecule has 0 bridgehead atoms.